The van der Waals surface area contributed by atoms with Gasteiger partial charge in [0.05, 0.1) is 25.8 Å². The van der Waals surface area contributed by atoms with Crippen LogP contribution in [0.5, 0.6) is 5.75 Å². The van der Waals surface area contributed by atoms with Crippen molar-refractivity contribution >= 4 is 5.97 Å². The van der Waals surface area contributed by atoms with Crippen LogP contribution in [0, 0.1) is 0 Å². The van der Waals surface area contributed by atoms with Gasteiger partial charge in [-0.2, -0.15) is 0 Å². The molecule has 0 spiro atoms. The number of furan rings is 1. The standard InChI is InChI=1S/C19H25NO5/c1-2-23-19(22)10-11-20(14-18-9-6-12-24-18)13-16(21)15-25-17-7-4-3-5-8-17/h3-9,12,16,21H,2,10-11,13-15H2,1H3. The number of benzene rings is 1. The van der Waals surface area contributed by atoms with Gasteiger partial charge in [-0.3, -0.25) is 9.69 Å². The highest BCUT2D eigenvalue weighted by atomic mass is 16.5. The van der Waals surface area contributed by atoms with Gasteiger partial charge in [-0.05, 0) is 31.2 Å². The molecule has 0 saturated carbocycles. The van der Waals surface area contributed by atoms with Crippen molar-refractivity contribution in [3.8, 4) is 5.75 Å². The Morgan fingerprint density at radius 1 is 1.24 bits per heavy atom. The van der Waals surface area contributed by atoms with Gasteiger partial charge in [0.15, 0.2) is 0 Å². The van der Waals surface area contributed by atoms with E-state index in [0.717, 1.165) is 5.76 Å². The summed E-state index contributed by atoms with van der Waals surface area (Å²) in [4.78, 5) is 13.5. The van der Waals surface area contributed by atoms with Crippen LogP contribution in [-0.2, 0) is 16.1 Å². The van der Waals surface area contributed by atoms with Gasteiger partial charge < -0.3 is 19.0 Å². The number of hydrogen-bond donors (Lipinski definition) is 1. The van der Waals surface area contributed by atoms with Gasteiger partial charge in [-0.15, -0.1) is 0 Å². The second-order valence-corrected chi connectivity index (χ2v) is 5.65. The molecular weight excluding hydrogens is 322 g/mol. The van der Waals surface area contributed by atoms with Crippen molar-refractivity contribution in [1.29, 1.82) is 0 Å². The molecule has 1 heterocycles. The molecule has 136 valence electrons. The molecule has 6 heteroatoms. The summed E-state index contributed by atoms with van der Waals surface area (Å²) >= 11 is 0. The van der Waals surface area contributed by atoms with Gasteiger partial charge in [-0.25, -0.2) is 0 Å². The van der Waals surface area contributed by atoms with E-state index in [1.807, 2.05) is 47.4 Å². The second kappa shape index (κ2) is 10.5. The van der Waals surface area contributed by atoms with E-state index in [2.05, 4.69) is 0 Å². The first-order chi connectivity index (χ1) is 12.2. The Bertz CT molecular complexity index is 600. The van der Waals surface area contributed by atoms with Crippen molar-refractivity contribution in [2.45, 2.75) is 26.0 Å². The molecule has 0 aliphatic heterocycles. The zero-order valence-corrected chi connectivity index (χ0v) is 14.5. The van der Waals surface area contributed by atoms with Crippen LogP contribution in [0.25, 0.3) is 0 Å². The van der Waals surface area contributed by atoms with Crippen molar-refractivity contribution in [3.63, 3.8) is 0 Å². The molecule has 1 aromatic heterocycles. The molecule has 0 aliphatic carbocycles. The summed E-state index contributed by atoms with van der Waals surface area (Å²) in [7, 11) is 0. The predicted octanol–water partition coefficient (Wildman–Crippen LogP) is 2.47. The SMILES string of the molecule is CCOC(=O)CCN(Cc1ccco1)CC(O)COc1ccccc1. The first-order valence-corrected chi connectivity index (χ1v) is 8.43. The highest BCUT2D eigenvalue weighted by Crippen LogP contribution is 2.10. The molecule has 2 aromatic rings. The maximum atomic E-state index is 11.6. The first kappa shape index (κ1) is 19.0. The lowest BCUT2D eigenvalue weighted by molar-refractivity contribution is -0.143. The summed E-state index contributed by atoms with van der Waals surface area (Å²) in [5, 5.41) is 10.3. The Kier molecular flexibility index (Phi) is 8.01. The van der Waals surface area contributed by atoms with Crippen molar-refractivity contribution in [2.24, 2.45) is 0 Å². The van der Waals surface area contributed by atoms with E-state index >= 15 is 0 Å². The third-order valence-electron chi connectivity index (χ3n) is 3.55. The smallest absolute Gasteiger partial charge is 0.307 e. The molecule has 1 atom stereocenters. The minimum absolute atomic E-state index is 0.179. The monoisotopic (exact) mass is 347 g/mol. The molecule has 0 saturated heterocycles. The molecule has 1 unspecified atom stereocenters. The average molecular weight is 347 g/mol. The molecule has 1 N–H and O–H groups in total. The molecular formula is C19H25NO5. The third-order valence-corrected chi connectivity index (χ3v) is 3.55. The van der Waals surface area contributed by atoms with Gasteiger partial charge in [0.1, 0.15) is 24.2 Å². The van der Waals surface area contributed by atoms with E-state index in [-0.39, 0.29) is 19.0 Å². The maximum absolute atomic E-state index is 11.6. The van der Waals surface area contributed by atoms with Crippen LogP contribution in [-0.4, -0.2) is 48.4 Å². The van der Waals surface area contributed by atoms with E-state index < -0.39 is 6.10 Å². The minimum Gasteiger partial charge on any atom is -0.491 e. The summed E-state index contributed by atoms with van der Waals surface area (Å²) in [6, 6.07) is 13.0. The van der Waals surface area contributed by atoms with Crippen LogP contribution >= 0.6 is 0 Å². The number of carbonyl (C=O) groups is 1. The predicted molar refractivity (Wildman–Crippen MR) is 93.2 cm³/mol. The number of rotatable bonds is 11. The topological polar surface area (TPSA) is 72.1 Å². The van der Waals surface area contributed by atoms with Gasteiger partial charge in [0.25, 0.3) is 0 Å². The summed E-state index contributed by atoms with van der Waals surface area (Å²) in [5.74, 6) is 1.24. The first-order valence-electron chi connectivity index (χ1n) is 8.43. The fourth-order valence-electron chi connectivity index (χ4n) is 2.40. The maximum Gasteiger partial charge on any atom is 0.307 e. The number of hydrogen-bond acceptors (Lipinski definition) is 6. The molecule has 6 nitrogen and oxygen atoms in total. The van der Waals surface area contributed by atoms with Gasteiger partial charge in [-0.1, -0.05) is 18.2 Å². The summed E-state index contributed by atoms with van der Waals surface area (Å²) in [6.45, 7) is 3.68. The molecule has 25 heavy (non-hydrogen) atoms. The molecule has 1 aromatic carbocycles. The zero-order valence-electron chi connectivity index (χ0n) is 14.5. The molecule has 0 radical (unpaired) electrons. The Balaban J connectivity index is 1.83. The van der Waals surface area contributed by atoms with E-state index in [9.17, 15) is 9.90 Å². The number of ether oxygens (including phenoxy) is 2. The highest BCUT2D eigenvalue weighted by molar-refractivity contribution is 5.69. The largest absolute Gasteiger partial charge is 0.491 e. The molecule has 0 amide bonds. The highest BCUT2D eigenvalue weighted by Gasteiger charge is 2.16. The number of aliphatic hydroxyl groups excluding tert-OH is 1. The van der Waals surface area contributed by atoms with Crippen molar-refractivity contribution < 1.29 is 23.8 Å². The normalized spacial score (nSPS) is 12.1. The molecule has 0 aliphatic rings. The number of para-hydroxylation sites is 1. The lowest BCUT2D eigenvalue weighted by Gasteiger charge is -2.24. The van der Waals surface area contributed by atoms with Crippen LogP contribution in [0.15, 0.2) is 53.1 Å². The van der Waals surface area contributed by atoms with E-state index in [1.165, 1.54) is 0 Å². The molecule has 2 rings (SSSR count). The van der Waals surface area contributed by atoms with Crippen molar-refractivity contribution in [3.05, 3.63) is 54.5 Å². The zero-order chi connectivity index (χ0) is 17.9. The summed E-state index contributed by atoms with van der Waals surface area (Å²) in [6.07, 6.45) is 1.19. The Morgan fingerprint density at radius 2 is 2.04 bits per heavy atom. The molecule has 0 fully saturated rings. The van der Waals surface area contributed by atoms with Crippen LogP contribution in [0.3, 0.4) is 0 Å². The van der Waals surface area contributed by atoms with Crippen molar-refractivity contribution in [1.82, 2.24) is 4.90 Å². The molecule has 0 bridgehead atoms. The minimum atomic E-state index is -0.683. The fraction of sp³-hybridized carbons (Fsp3) is 0.421. The van der Waals surface area contributed by atoms with Gasteiger partial charge in [0.2, 0.25) is 0 Å². The van der Waals surface area contributed by atoms with Gasteiger partial charge in [0, 0.05) is 13.1 Å². The lowest BCUT2D eigenvalue weighted by atomic mass is 10.2. The van der Waals surface area contributed by atoms with Crippen LogP contribution in [0.1, 0.15) is 19.1 Å². The van der Waals surface area contributed by atoms with E-state index in [0.29, 0.717) is 32.0 Å². The fourth-order valence-corrected chi connectivity index (χ4v) is 2.40. The third kappa shape index (κ3) is 7.41. The van der Waals surface area contributed by atoms with E-state index in [4.69, 9.17) is 13.9 Å². The number of esters is 1. The van der Waals surface area contributed by atoms with Crippen LogP contribution in [0.4, 0.5) is 0 Å². The van der Waals surface area contributed by atoms with Crippen molar-refractivity contribution in [2.75, 3.05) is 26.3 Å². The average Bonchev–Trinajstić information content (AvgIpc) is 3.12. The van der Waals surface area contributed by atoms with Crippen LogP contribution < -0.4 is 4.74 Å². The number of nitrogens with zero attached hydrogens (tertiary/aromatic N) is 1. The van der Waals surface area contributed by atoms with Crippen LogP contribution in [0.2, 0.25) is 0 Å². The summed E-state index contributed by atoms with van der Waals surface area (Å²) < 4.78 is 15.9. The lowest BCUT2D eigenvalue weighted by Crippen LogP contribution is -2.36. The number of aliphatic hydroxyl groups is 1. The van der Waals surface area contributed by atoms with E-state index in [1.54, 1.807) is 13.2 Å². The second-order valence-electron chi connectivity index (χ2n) is 5.65. The Hall–Kier alpha value is -2.31. The van der Waals surface area contributed by atoms with Gasteiger partial charge >= 0.3 is 5.97 Å². The quantitative estimate of drug-likeness (QED) is 0.630. The Labute approximate surface area is 148 Å². The Morgan fingerprint density at radius 3 is 2.72 bits per heavy atom. The summed E-state index contributed by atoms with van der Waals surface area (Å²) in [5.41, 5.74) is 0. The number of carbonyl (C=O) groups excluding carboxylic acids is 1.